The summed E-state index contributed by atoms with van der Waals surface area (Å²) in [5.74, 6) is 0.317. The van der Waals surface area contributed by atoms with E-state index in [1.807, 2.05) is 13.8 Å². The van der Waals surface area contributed by atoms with Crippen molar-refractivity contribution in [2.75, 3.05) is 4.90 Å². The van der Waals surface area contributed by atoms with Crippen LogP contribution in [0.4, 0.5) is 10.3 Å². The molecule has 144 valence electrons. The van der Waals surface area contributed by atoms with Gasteiger partial charge in [-0.25, -0.2) is 9.07 Å². The number of rotatable bonds is 4. The Bertz CT molecular complexity index is 965. The van der Waals surface area contributed by atoms with Gasteiger partial charge in [0.15, 0.2) is 0 Å². The highest BCUT2D eigenvalue weighted by Crippen LogP contribution is 2.42. The molecule has 6 heteroatoms. The minimum absolute atomic E-state index is 0.0416. The molecule has 1 aliphatic rings. The van der Waals surface area contributed by atoms with E-state index in [1.165, 1.54) is 24.0 Å². The van der Waals surface area contributed by atoms with Gasteiger partial charge in [-0.1, -0.05) is 48.9 Å². The van der Waals surface area contributed by atoms with Gasteiger partial charge in [0, 0.05) is 6.42 Å². The molecule has 0 fully saturated rings. The normalized spacial score (nSPS) is 18.8. The molecule has 0 unspecified atom stereocenters. The molecule has 3 aromatic rings. The number of aryl methyl sites for hydroxylation is 1. The van der Waals surface area contributed by atoms with Crippen molar-refractivity contribution in [2.45, 2.75) is 45.2 Å². The van der Waals surface area contributed by atoms with Gasteiger partial charge in [-0.05, 0) is 43.0 Å². The van der Waals surface area contributed by atoms with Gasteiger partial charge in [0.05, 0.1) is 12.1 Å². The van der Waals surface area contributed by atoms with Crippen LogP contribution in [0.15, 0.2) is 54.9 Å². The smallest absolute Gasteiger partial charge is 0.231 e. The molecule has 0 N–H and O–H groups in total. The Morgan fingerprint density at radius 1 is 1.07 bits per heavy atom. The van der Waals surface area contributed by atoms with E-state index in [1.54, 1.807) is 21.7 Å². The largest absolute Gasteiger partial charge is 0.274 e. The fourth-order valence-electron chi connectivity index (χ4n) is 3.85. The fraction of sp³-hybridized carbons (Fsp3) is 0.318. The summed E-state index contributed by atoms with van der Waals surface area (Å²) in [4.78, 5) is 19.2. The number of halogens is 1. The maximum Gasteiger partial charge on any atom is 0.231 e. The van der Waals surface area contributed by atoms with Crippen LogP contribution in [-0.2, 0) is 4.79 Å². The van der Waals surface area contributed by atoms with Crippen molar-refractivity contribution in [2.24, 2.45) is 0 Å². The third-order valence-electron chi connectivity index (χ3n) is 5.27. The first-order chi connectivity index (χ1) is 13.6. The zero-order chi connectivity index (χ0) is 19.7. The van der Waals surface area contributed by atoms with Crippen molar-refractivity contribution >= 4 is 11.9 Å². The van der Waals surface area contributed by atoms with Crippen LogP contribution in [0.25, 0.3) is 0 Å². The SMILES string of the molecule is CCCC(=O)N1c2ncnn2[C@@H](c2ccc(F)cc2)C[C@@H]1c1ccc(C)cc1. The molecule has 0 radical (unpaired) electrons. The first kappa shape index (κ1) is 18.3. The molecule has 4 rings (SSSR count). The molecule has 0 saturated carbocycles. The first-order valence-electron chi connectivity index (χ1n) is 9.62. The lowest BCUT2D eigenvalue weighted by atomic mass is 9.91. The van der Waals surface area contributed by atoms with Gasteiger partial charge in [0.1, 0.15) is 12.1 Å². The number of hydrogen-bond donors (Lipinski definition) is 0. The number of amides is 1. The van der Waals surface area contributed by atoms with E-state index >= 15 is 0 Å². The van der Waals surface area contributed by atoms with E-state index in [0.29, 0.717) is 18.8 Å². The lowest BCUT2D eigenvalue weighted by Gasteiger charge is -2.39. The molecule has 1 aliphatic heterocycles. The number of nitrogens with zero attached hydrogens (tertiary/aromatic N) is 4. The summed E-state index contributed by atoms with van der Waals surface area (Å²) in [6.07, 6.45) is 3.36. The highest BCUT2D eigenvalue weighted by atomic mass is 19.1. The Kier molecular flexibility index (Phi) is 4.94. The van der Waals surface area contributed by atoms with Gasteiger partial charge in [0.2, 0.25) is 11.9 Å². The molecule has 28 heavy (non-hydrogen) atoms. The van der Waals surface area contributed by atoms with Crippen LogP contribution in [0.5, 0.6) is 0 Å². The highest BCUT2D eigenvalue weighted by molar-refractivity contribution is 5.92. The molecule has 0 spiro atoms. The summed E-state index contributed by atoms with van der Waals surface area (Å²) in [6.45, 7) is 4.04. The lowest BCUT2D eigenvalue weighted by Crippen LogP contribution is -2.42. The standard InChI is InChI=1S/C22H23FN4O/c1-3-4-21(28)26-19(16-7-5-15(2)6-8-16)13-20(27-22(26)24-14-25-27)17-9-11-18(23)12-10-17/h5-12,14,19-20H,3-4,13H2,1-2H3/t19-,20-/m1/s1. The van der Waals surface area contributed by atoms with Crippen LogP contribution >= 0.6 is 0 Å². The molecule has 1 amide bonds. The van der Waals surface area contributed by atoms with E-state index < -0.39 is 0 Å². The summed E-state index contributed by atoms with van der Waals surface area (Å²) in [7, 11) is 0. The number of carbonyl (C=O) groups is 1. The number of fused-ring (bicyclic) bond motifs is 1. The molecule has 2 atom stereocenters. The Morgan fingerprint density at radius 3 is 2.39 bits per heavy atom. The Labute approximate surface area is 163 Å². The van der Waals surface area contributed by atoms with Crippen LogP contribution < -0.4 is 4.90 Å². The molecular weight excluding hydrogens is 355 g/mol. The number of benzene rings is 2. The van der Waals surface area contributed by atoms with Gasteiger partial charge < -0.3 is 0 Å². The van der Waals surface area contributed by atoms with Gasteiger partial charge in [-0.15, -0.1) is 0 Å². The summed E-state index contributed by atoms with van der Waals surface area (Å²) < 4.78 is 15.2. The van der Waals surface area contributed by atoms with E-state index in [2.05, 4.69) is 34.3 Å². The minimum atomic E-state index is -0.270. The third kappa shape index (κ3) is 3.30. The monoisotopic (exact) mass is 378 g/mol. The van der Waals surface area contributed by atoms with Gasteiger partial charge in [-0.3, -0.25) is 9.69 Å². The van der Waals surface area contributed by atoms with Gasteiger partial charge in [-0.2, -0.15) is 10.1 Å². The number of hydrogen-bond acceptors (Lipinski definition) is 3. The second-order valence-electron chi connectivity index (χ2n) is 7.25. The predicted octanol–water partition coefficient (Wildman–Crippen LogP) is 4.59. The highest BCUT2D eigenvalue weighted by Gasteiger charge is 2.38. The van der Waals surface area contributed by atoms with Crippen LogP contribution in [0.2, 0.25) is 0 Å². The Balaban J connectivity index is 1.81. The van der Waals surface area contributed by atoms with E-state index in [4.69, 9.17) is 0 Å². The fourth-order valence-corrected chi connectivity index (χ4v) is 3.85. The Morgan fingerprint density at radius 2 is 1.71 bits per heavy atom. The van der Waals surface area contributed by atoms with E-state index in [9.17, 15) is 9.18 Å². The molecule has 0 aliphatic carbocycles. The zero-order valence-corrected chi connectivity index (χ0v) is 16.0. The second kappa shape index (κ2) is 7.54. The lowest BCUT2D eigenvalue weighted by molar-refractivity contribution is -0.119. The summed E-state index contributed by atoms with van der Waals surface area (Å²) >= 11 is 0. The van der Waals surface area contributed by atoms with E-state index in [0.717, 1.165) is 17.5 Å². The molecule has 2 heterocycles. The van der Waals surface area contributed by atoms with Crippen molar-refractivity contribution in [3.8, 4) is 0 Å². The average molecular weight is 378 g/mol. The van der Waals surface area contributed by atoms with Crippen molar-refractivity contribution < 1.29 is 9.18 Å². The van der Waals surface area contributed by atoms with Crippen molar-refractivity contribution in [1.82, 2.24) is 14.8 Å². The second-order valence-corrected chi connectivity index (χ2v) is 7.25. The van der Waals surface area contributed by atoms with Gasteiger partial charge >= 0.3 is 0 Å². The van der Waals surface area contributed by atoms with E-state index in [-0.39, 0.29) is 23.8 Å². The summed E-state index contributed by atoms with van der Waals surface area (Å²) in [5.41, 5.74) is 3.19. The third-order valence-corrected chi connectivity index (χ3v) is 5.27. The maximum absolute atomic E-state index is 13.4. The topological polar surface area (TPSA) is 51.0 Å². The molecule has 0 saturated heterocycles. The molecular formula is C22H23FN4O. The zero-order valence-electron chi connectivity index (χ0n) is 16.0. The van der Waals surface area contributed by atoms with Crippen LogP contribution in [0, 0.1) is 12.7 Å². The van der Waals surface area contributed by atoms with Crippen molar-refractivity contribution in [3.63, 3.8) is 0 Å². The molecule has 1 aromatic heterocycles. The summed E-state index contributed by atoms with van der Waals surface area (Å²) in [6, 6.07) is 14.5. The van der Waals surface area contributed by atoms with Crippen molar-refractivity contribution in [1.29, 1.82) is 0 Å². The number of aromatic nitrogens is 3. The number of carbonyl (C=O) groups excluding carboxylic acids is 1. The van der Waals surface area contributed by atoms with Crippen LogP contribution in [0.3, 0.4) is 0 Å². The maximum atomic E-state index is 13.4. The first-order valence-corrected chi connectivity index (χ1v) is 9.62. The molecule has 2 aromatic carbocycles. The van der Waals surface area contributed by atoms with Crippen LogP contribution in [-0.4, -0.2) is 20.7 Å². The summed E-state index contributed by atoms with van der Waals surface area (Å²) in [5, 5.41) is 4.39. The van der Waals surface area contributed by atoms with Crippen LogP contribution in [0.1, 0.15) is 55.0 Å². The molecule has 5 nitrogen and oxygen atoms in total. The van der Waals surface area contributed by atoms with Gasteiger partial charge in [0.25, 0.3) is 0 Å². The quantitative estimate of drug-likeness (QED) is 0.667. The molecule has 0 bridgehead atoms. The van der Waals surface area contributed by atoms with Crippen molar-refractivity contribution in [3.05, 3.63) is 77.4 Å². The predicted molar refractivity (Wildman–Crippen MR) is 105 cm³/mol. The number of anilines is 1. The average Bonchev–Trinajstić information content (AvgIpc) is 3.18. The minimum Gasteiger partial charge on any atom is -0.274 e. The Hall–Kier alpha value is -3.02.